The van der Waals surface area contributed by atoms with Gasteiger partial charge in [-0.2, -0.15) is 0 Å². The van der Waals surface area contributed by atoms with Gasteiger partial charge >= 0.3 is 0 Å². The van der Waals surface area contributed by atoms with Gasteiger partial charge in [0.15, 0.2) is 6.61 Å². The van der Waals surface area contributed by atoms with E-state index in [1.165, 1.54) is 5.56 Å². The van der Waals surface area contributed by atoms with Crippen molar-refractivity contribution < 1.29 is 29.0 Å². The minimum atomic E-state index is -0.174. The van der Waals surface area contributed by atoms with Gasteiger partial charge in [-0.15, -0.1) is 0 Å². The zero-order valence-corrected chi connectivity index (χ0v) is 32.7. The van der Waals surface area contributed by atoms with E-state index in [-0.39, 0.29) is 36.1 Å². The summed E-state index contributed by atoms with van der Waals surface area (Å²) in [6, 6.07) is 30.6. The van der Waals surface area contributed by atoms with Crippen molar-refractivity contribution in [2.24, 2.45) is 0 Å². The number of fused-ring (bicyclic) bond motifs is 3. The van der Waals surface area contributed by atoms with Gasteiger partial charge in [0.1, 0.15) is 11.5 Å². The maximum absolute atomic E-state index is 15.4. The molecule has 5 heterocycles. The van der Waals surface area contributed by atoms with Crippen LogP contribution < -0.4 is 10.1 Å². The summed E-state index contributed by atoms with van der Waals surface area (Å²) in [7, 11) is 0. The Balaban J connectivity index is 1.08. The van der Waals surface area contributed by atoms with E-state index in [1.54, 1.807) is 29.2 Å². The number of morpholine rings is 1. The lowest BCUT2D eigenvalue weighted by Crippen LogP contribution is -2.52. The van der Waals surface area contributed by atoms with Crippen LogP contribution in [0.15, 0.2) is 97.1 Å². The zero-order valence-electron chi connectivity index (χ0n) is 32.7. The van der Waals surface area contributed by atoms with Crippen molar-refractivity contribution in [3.05, 3.63) is 142 Å². The first-order valence-corrected chi connectivity index (χ1v) is 20.5. The number of amides is 3. The van der Waals surface area contributed by atoms with Crippen molar-refractivity contribution in [1.29, 1.82) is 0 Å². The van der Waals surface area contributed by atoms with E-state index in [9.17, 15) is 14.7 Å². The van der Waals surface area contributed by atoms with Gasteiger partial charge in [0.05, 0.1) is 18.8 Å². The van der Waals surface area contributed by atoms with Gasteiger partial charge < -0.3 is 34.3 Å². The Hall–Kier alpha value is -5.91. The molecule has 1 aromatic heterocycles. The fourth-order valence-electron chi connectivity index (χ4n) is 8.98. The minimum Gasteiger partial charge on any atom is -0.508 e. The molecule has 1 fully saturated rings. The van der Waals surface area contributed by atoms with Gasteiger partial charge in [0, 0.05) is 80.9 Å². The molecule has 5 aromatic rings. The molecule has 2 N–H and O–H groups in total. The van der Waals surface area contributed by atoms with Crippen LogP contribution in [0.4, 0.5) is 0 Å². The van der Waals surface area contributed by atoms with Crippen molar-refractivity contribution in [1.82, 2.24) is 24.6 Å². The molecule has 11 nitrogen and oxygen atoms in total. The Morgan fingerprint density at radius 3 is 2.31 bits per heavy atom. The number of hydrogen-bond acceptors (Lipinski definition) is 7. The van der Waals surface area contributed by atoms with Crippen molar-refractivity contribution in [2.45, 2.75) is 64.4 Å². The maximum atomic E-state index is 15.4. The number of phenols is 1. The fraction of sp³-hybridized carbons (Fsp3) is 0.340. The summed E-state index contributed by atoms with van der Waals surface area (Å²) < 4.78 is 13.7. The maximum Gasteiger partial charge on any atom is 0.261 e. The summed E-state index contributed by atoms with van der Waals surface area (Å²) in [5, 5.41) is 12.8. The highest BCUT2D eigenvalue weighted by atomic mass is 16.5. The number of aromatic hydroxyl groups is 1. The summed E-state index contributed by atoms with van der Waals surface area (Å²) in [6.07, 6.45) is 3.45. The van der Waals surface area contributed by atoms with Crippen molar-refractivity contribution in [3.63, 3.8) is 0 Å². The molecule has 4 aliphatic rings. The van der Waals surface area contributed by atoms with Crippen molar-refractivity contribution in [2.75, 3.05) is 39.5 Å². The molecule has 4 aromatic carbocycles. The van der Waals surface area contributed by atoms with Crippen molar-refractivity contribution >= 4 is 17.7 Å². The molecule has 0 bridgehead atoms. The number of phenolic OH excluding ortho intramolecular Hbond substituents is 1. The smallest absolute Gasteiger partial charge is 0.261 e. The molecule has 11 heteroatoms. The Kier molecular flexibility index (Phi) is 10.7. The van der Waals surface area contributed by atoms with Crippen LogP contribution in [-0.4, -0.2) is 87.6 Å². The number of nitrogens with zero attached hydrogens (tertiary/aromatic N) is 4. The second-order valence-electron chi connectivity index (χ2n) is 15.8. The third-order valence-corrected chi connectivity index (χ3v) is 12.1. The quantitative estimate of drug-likeness (QED) is 0.180. The molecular formula is C47H49N5O6. The van der Waals surface area contributed by atoms with Gasteiger partial charge in [0.2, 0.25) is 0 Å². The van der Waals surface area contributed by atoms with Crippen molar-refractivity contribution in [3.8, 4) is 22.8 Å². The predicted octanol–water partition coefficient (Wildman–Crippen LogP) is 5.95. The summed E-state index contributed by atoms with van der Waals surface area (Å²) in [5.41, 5.74) is 9.02. The van der Waals surface area contributed by atoms with E-state index in [4.69, 9.17) is 9.47 Å². The molecule has 0 spiro atoms. The number of benzene rings is 4. The Bertz CT molecular complexity index is 2320. The van der Waals surface area contributed by atoms with E-state index in [2.05, 4.69) is 43.9 Å². The van der Waals surface area contributed by atoms with Gasteiger partial charge in [-0.3, -0.25) is 19.3 Å². The summed E-state index contributed by atoms with van der Waals surface area (Å²) in [4.78, 5) is 49.2. The standard InChI is InChI=1S/C47H49N5O6/c53-38-15-13-32(14-16-38)26-48-46(55)42-25-44(51-17-7-6-12-43(42)51)40-23-35-27-50(45(54)31-58-39-10-2-1-3-11-39)28-36(35)24-41(40)47(56)52-29-34-9-5-4-8-33(34)22-37(52)30-49-18-20-57-21-19-49/h1-5,8-11,13-16,23-25,37,53H,6-7,12,17-22,26-31H2,(H,48,55)/t37-/m0/s1. The second-order valence-corrected chi connectivity index (χ2v) is 15.8. The Morgan fingerprint density at radius 2 is 1.52 bits per heavy atom. The lowest BCUT2D eigenvalue weighted by molar-refractivity contribution is -0.134. The Labute approximate surface area is 338 Å². The van der Waals surface area contributed by atoms with Gasteiger partial charge in [-0.25, -0.2) is 0 Å². The topological polar surface area (TPSA) is 117 Å². The summed E-state index contributed by atoms with van der Waals surface area (Å²) in [5.74, 6) is 0.466. The molecule has 298 valence electrons. The van der Waals surface area contributed by atoms with Crippen LogP contribution in [0, 0.1) is 0 Å². The van der Waals surface area contributed by atoms with Crippen LogP contribution in [0.5, 0.6) is 11.5 Å². The lowest BCUT2D eigenvalue weighted by atomic mass is 9.91. The largest absolute Gasteiger partial charge is 0.508 e. The van der Waals surface area contributed by atoms with Crippen LogP contribution in [0.25, 0.3) is 11.3 Å². The molecule has 4 aliphatic heterocycles. The highest BCUT2D eigenvalue weighted by molar-refractivity contribution is 6.03. The SMILES string of the molecule is O=C(NCc1ccc(O)cc1)c1cc(-c2cc3c(cc2C(=O)N2Cc4ccccc4C[C@H]2CN2CCOCC2)CN(C(=O)COc2ccccc2)C3)n2c1CCCC2. The van der Waals surface area contributed by atoms with Crippen LogP contribution >= 0.6 is 0 Å². The van der Waals surface area contributed by atoms with E-state index in [0.29, 0.717) is 56.3 Å². The van der Waals surface area contributed by atoms with Crippen LogP contribution in [0.2, 0.25) is 0 Å². The zero-order chi connectivity index (χ0) is 39.6. The number of aromatic nitrogens is 1. The van der Waals surface area contributed by atoms with E-state index >= 15 is 4.79 Å². The third kappa shape index (κ3) is 7.84. The number of ether oxygens (including phenoxy) is 2. The second kappa shape index (κ2) is 16.5. The monoisotopic (exact) mass is 779 g/mol. The van der Waals surface area contributed by atoms with E-state index < -0.39 is 0 Å². The minimum absolute atomic E-state index is 0.0442. The fourth-order valence-corrected chi connectivity index (χ4v) is 8.98. The molecule has 0 unspecified atom stereocenters. The van der Waals surface area contributed by atoms with Gasteiger partial charge in [-0.1, -0.05) is 54.6 Å². The number of nitrogens with one attached hydrogen (secondary N) is 1. The first-order chi connectivity index (χ1) is 28.4. The molecule has 0 aliphatic carbocycles. The number of rotatable bonds is 10. The predicted molar refractivity (Wildman–Crippen MR) is 219 cm³/mol. The lowest BCUT2D eigenvalue weighted by Gasteiger charge is -2.40. The molecule has 9 rings (SSSR count). The summed E-state index contributed by atoms with van der Waals surface area (Å²) in [6.45, 7) is 6.03. The van der Waals surface area contributed by atoms with Gasteiger partial charge in [-0.05, 0) is 96.0 Å². The first kappa shape index (κ1) is 37.7. The summed E-state index contributed by atoms with van der Waals surface area (Å²) >= 11 is 0. The molecule has 1 atom stereocenters. The molecule has 58 heavy (non-hydrogen) atoms. The number of hydrogen-bond donors (Lipinski definition) is 2. The average Bonchev–Trinajstić information content (AvgIpc) is 3.87. The molecular weight excluding hydrogens is 731 g/mol. The average molecular weight is 780 g/mol. The van der Waals surface area contributed by atoms with Crippen LogP contribution in [0.3, 0.4) is 0 Å². The van der Waals surface area contributed by atoms with Crippen LogP contribution in [-0.2, 0) is 55.1 Å². The normalized spacial score (nSPS) is 17.6. The first-order valence-electron chi connectivity index (χ1n) is 20.5. The number of carbonyl (C=O) groups is 3. The molecule has 0 radical (unpaired) electrons. The van der Waals surface area contributed by atoms with E-state index in [0.717, 1.165) is 91.1 Å². The van der Waals surface area contributed by atoms with Gasteiger partial charge in [0.25, 0.3) is 17.7 Å². The molecule has 0 saturated carbocycles. The Morgan fingerprint density at radius 1 is 0.776 bits per heavy atom. The number of carbonyl (C=O) groups excluding carboxylic acids is 3. The highest BCUT2D eigenvalue weighted by Crippen LogP contribution is 2.38. The highest BCUT2D eigenvalue weighted by Gasteiger charge is 2.36. The molecule has 1 saturated heterocycles. The van der Waals surface area contributed by atoms with Crippen LogP contribution in [0.1, 0.15) is 67.1 Å². The van der Waals surface area contributed by atoms with E-state index in [1.807, 2.05) is 48.5 Å². The third-order valence-electron chi connectivity index (χ3n) is 12.1. The molecule has 3 amide bonds. The number of para-hydroxylation sites is 1.